The second-order valence-corrected chi connectivity index (χ2v) is 7.46. The first-order valence-electron chi connectivity index (χ1n) is 9.95. The second-order valence-electron chi connectivity index (χ2n) is 7.46. The topological polar surface area (TPSA) is 260 Å². The second kappa shape index (κ2) is 12.3. The van der Waals surface area contributed by atoms with Crippen LogP contribution < -0.4 is 22.1 Å². The Kier molecular flexibility index (Phi) is 10.2. The lowest BCUT2D eigenvalue weighted by Gasteiger charge is -2.28. The van der Waals surface area contributed by atoms with Crippen molar-refractivity contribution in [3.05, 3.63) is 0 Å². The summed E-state index contributed by atoms with van der Waals surface area (Å²) in [6.07, 6.45) is -1.57. The van der Waals surface area contributed by atoms with Gasteiger partial charge in [-0.3, -0.25) is 28.8 Å². The van der Waals surface area contributed by atoms with Gasteiger partial charge in [0, 0.05) is 13.0 Å². The van der Waals surface area contributed by atoms with E-state index in [-0.39, 0.29) is 25.8 Å². The van der Waals surface area contributed by atoms with E-state index in [0.29, 0.717) is 6.42 Å². The summed E-state index contributed by atoms with van der Waals surface area (Å²) in [5, 5.41) is 31.0. The number of hydrogen-bond donors (Lipinski definition) is 7. The number of primary amides is 1. The Morgan fingerprint density at radius 2 is 1.58 bits per heavy atom. The van der Waals surface area contributed by atoms with Crippen LogP contribution in [-0.4, -0.2) is 92.5 Å². The molecule has 15 nitrogen and oxygen atoms in total. The SMILES string of the molecule is NC(=O)C[C@H](NC(=O)[C@H](CC(=O)O)NC(=O)[C@@H]1CCCN1C(=O)[C@@H](N)CCC(=O)O)C(=O)O. The Bertz CT molecular complexity index is 816. The van der Waals surface area contributed by atoms with Gasteiger partial charge in [0.1, 0.15) is 18.1 Å². The minimum absolute atomic E-state index is 0.146. The molecule has 0 aliphatic carbocycles. The lowest BCUT2D eigenvalue weighted by atomic mass is 10.1. The molecule has 0 bridgehead atoms. The number of carboxylic acids is 3. The number of carbonyl (C=O) groups excluding carboxylic acids is 4. The Morgan fingerprint density at radius 1 is 0.939 bits per heavy atom. The number of aliphatic carboxylic acids is 3. The fourth-order valence-electron chi connectivity index (χ4n) is 3.24. The van der Waals surface area contributed by atoms with Gasteiger partial charge in [-0.15, -0.1) is 0 Å². The van der Waals surface area contributed by atoms with Crippen LogP contribution in [0.15, 0.2) is 0 Å². The summed E-state index contributed by atoms with van der Waals surface area (Å²) in [6.45, 7) is 0.146. The monoisotopic (exact) mass is 473 g/mol. The van der Waals surface area contributed by atoms with E-state index in [4.69, 9.17) is 26.8 Å². The van der Waals surface area contributed by atoms with E-state index in [9.17, 15) is 33.6 Å². The zero-order chi connectivity index (χ0) is 25.3. The summed E-state index contributed by atoms with van der Waals surface area (Å²) >= 11 is 0. The highest BCUT2D eigenvalue weighted by Gasteiger charge is 2.38. The van der Waals surface area contributed by atoms with Gasteiger partial charge in [-0.25, -0.2) is 4.79 Å². The maximum Gasteiger partial charge on any atom is 0.326 e. The fourth-order valence-corrected chi connectivity index (χ4v) is 3.24. The summed E-state index contributed by atoms with van der Waals surface area (Å²) in [4.78, 5) is 82.9. The standard InChI is InChI=1S/C18H27N5O10/c19-8(3-4-13(25)26)17(31)23-5-1-2-11(23)16(30)21-9(7-14(27)28)15(29)22-10(18(32)33)6-12(20)24/h8-11H,1-7,19H2,(H2,20,24)(H,21,30)(H,22,29)(H,25,26)(H,27,28)(H,32,33)/t8-,9-,10-,11-/m0/s1. The number of nitrogens with one attached hydrogen (secondary N) is 2. The molecule has 33 heavy (non-hydrogen) atoms. The van der Waals surface area contributed by atoms with Crippen molar-refractivity contribution in [2.75, 3.05) is 6.54 Å². The molecule has 0 spiro atoms. The van der Waals surface area contributed by atoms with Gasteiger partial charge < -0.3 is 42.3 Å². The molecule has 1 rings (SSSR count). The van der Waals surface area contributed by atoms with E-state index in [0.717, 1.165) is 4.90 Å². The summed E-state index contributed by atoms with van der Waals surface area (Å²) < 4.78 is 0. The van der Waals surface area contributed by atoms with Crippen molar-refractivity contribution in [2.24, 2.45) is 11.5 Å². The minimum Gasteiger partial charge on any atom is -0.481 e. The van der Waals surface area contributed by atoms with Crippen LogP contribution in [0.4, 0.5) is 0 Å². The first kappa shape index (κ1) is 27.3. The van der Waals surface area contributed by atoms with Gasteiger partial charge in [-0.05, 0) is 19.3 Å². The normalized spacial score (nSPS) is 18.0. The van der Waals surface area contributed by atoms with Gasteiger partial charge in [0.15, 0.2) is 0 Å². The third kappa shape index (κ3) is 8.72. The lowest BCUT2D eigenvalue weighted by molar-refractivity contribution is -0.145. The van der Waals surface area contributed by atoms with Crippen LogP contribution in [0.5, 0.6) is 0 Å². The Labute approximate surface area is 187 Å². The number of amides is 4. The predicted molar refractivity (Wildman–Crippen MR) is 107 cm³/mol. The van der Waals surface area contributed by atoms with Crippen molar-refractivity contribution in [3.8, 4) is 0 Å². The van der Waals surface area contributed by atoms with E-state index in [1.54, 1.807) is 0 Å². The van der Waals surface area contributed by atoms with Crippen LogP contribution in [0, 0.1) is 0 Å². The molecule has 9 N–H and O–H groups in total. The summed E-state index contributed by atoms with van der Waals surface area (Å²) in [5.41, 5.74) is 10.7. The van der Waals surface area contributed by atoms with Crippen molar-refractivity contribution >= 4 is 41.5 Å². The number of carbonyl (C=O) groups is 7. The molecular formula is C18H27N5O10. The van der Waals surface area contributed by atoms with Gasteiger partial charge in [-0.2, -0.15) is 0 Å². The molecule has 1 saturated heterocycles. The molecule has 4 amide bonds. The molecular weight excluding hydrogens is 446 g/mol. The van der Waals surface area contributed by atoms with Crippen LogP contribution in [0.25, 0.3) is 0 Å². The van der Waals surface area contributed by atoms with Crippen molar-refractivity contribution in [3.63, 3.8) is 0 Å². The molecule has 0 aromatic heterocycles. The van der Waals surface area contributed by atoms with Crippen LogP contribution in [0.2, 0.25) is 0 Å². The molecule has 1 aliphatic rings. The predicted octanol–water partition coefficient (Wildman–Crippen LogP) is -3.43. The number of rotatable bonds is 13. The van der Waals surface area contributed by atoms with Gasteiger partial charge >= 0.3 is 17.9 Å². The van der Waals surface area contributed by atoms with Crippen LogP contribution in [0.3, 0.4) is 0 Å². The number of nitrogens with zero attached hydrogens (tertiary/aromatic N) is 1. The quantitative estimate of drug-likeness (QED) is 0.138. The molecule has 1 heterocycles. The molecule has 15 heteroatoms. The average molecular weight is 473 g/mol. The summed E-state index contributed by atoms with van der Waals surface area (Å²) in [6, 6.07) is -5.70. The highest BCUT2D eigenvalue weighted by molar-refractivity contribution is 5.96. The molecule has 184 valence electrons. The van der Waals surface area contributed by atoms with Crippen LogP contribution in [0.1, 0.15) is 38.5 Å². The number of likely N-dealkylation sites (tertiary alicyclic amines) is 1. The highest BCUT2D eigenvalue weighted by Crippen LogP contribution is 2.19. The van der Waals surface area contributed by atoms with Gasteiger partial charge in [-0.1, -0.05) is 0 Å². The van der Waals surface area contributed by atoms with E-state index >= 15 is 0 Å². The number of hydrogen-bond acceptors (Lipinski definition) is 8. The Hall–Kier alpha value is -3.75. The fraction of sp³-hybridized carbons (Fsp3) is 0.611. The van der Waals surface area contributed by atoms with Crippen molar-refractivity contribution < 1.29 is 48.9 Å². The summed E-state index contributed by atoms with van der Waals surface area (Å²) in [5.74, 6) is -7.95. The van der Waals surface area contributed by atoms with Gasteiger partial charge in [0.05, 0.1) is 18.9 Å². The largest absolute Gasteiger partial charge is 0.481 e. The first-order chi connectivity index (χ1) is 15.3. The molecule has 0 radical (unpaired) electrons. The lowest BCUT2D eigenvalue weighted by Crippen LogP contribution is -2.57. The van der Waals surface area contributed by atoms with E-state index < -0.39 is 78.5 Å². The molecule has 4 atom stereocenters. The molecule has 1 fully saturated rings. The minimum atomic E-state index is -1.74. The van der Waals surface area contributed by atoms with E-state index in [2.05, 4.69) is 5.32 Å². The summed E-state index contributed by atoms with van der Waals surface area (Å²) in [7, 11) is 0. The van der Waals surface area contributed by atoms with Crippen molar-refractivity contribution in [1.82, 2.24) is 15.5 Å². The van der Waals surface area contributed by atoms with E-state index in [1.165, 1.54) is 0 Å². The molecule has 0 unspecified atom stereocenters. The number of nitrogens with two attached hydrogens (primary N) is 2. The van der Waals surface area contributed by atoms with Crippen molar-refractivity contribution in [1.29, 1.82) is 0 Å². The molecule has 0 saturated carbocycles. The van der Waals surface area contributed by atoms with Gasteiger partial charge in [0.2, 0.25) is 23.6 Å². The average Bonchev–Trinajstić information content (AvgIpc) is 3.19. The Morgan fingerprint density at radius 3 is 2.09 bits per heavy atom. The third-order valence-electron chi connectivity index (χ3n) is 4.86. The van der Waals surface area contributed by atoms with Crippen molar-refractivity contribution in [2.45, 2.75) is 62.7 Å². The Balaban J connectivity index is 2.91. The molecule has 0 aromatic rings. The van der Waals surface area contributed by atoms with Crippen LogP contribution in [-0.2, 0) is 33.6 Å². The van der Waals surface area contributed by atoms with E-state index in [1.807, 2.05) is 5.32 Å². The zero-order valence-corrected chi connectivity index (χ0v) is 17.6. The van der Waals surface area contributed by atoms with Crippen LogP contribution >= 0.6 is 0 Å². The van der Waals surface area contributed by atoms with Gasteiger partial charge in [0.25, 0.3) is 0 Å². The molecule has 0 aromatic carbocycles. The first-order valence-corrected chi connectivity index (χ1v) is 9.95. The maximum atomic E-state index is 12.7. The highest BCUT2D eigenvalue weighted by atomic mass is 16.4. The zero-order valence-electron chi connectivity index (χ0n) is 17.6. The molecule has 1 aliphatic heterocycles. The smallest absolute Gasteiger partial charge is 0.326 e. The number of carboxylic acid groups (broad SMARTS) is 3. The maximum absolute atomic E-state index is 12.7. The third-order valence-corrected chi connectivity index (χ3v) is 4.86.